The van der Waals surface area contributed by atoms with Crippen molar-refractivity contribution in [1.82, 2.24) is 0 Å². The number of nitro benzene ring substituents is 1. The van der Waals surface area contributed by atoms with E-state index >= 15 is 0 Å². The summed E-state index contributed by atoms with van der Waals surface area (Å²) < 4.78 is 21.9. The molecule has 0 atom stereocenters. The number of rotatable bonds is 7. The van der Waals surface area contributed by atoms with E-state index in [9.17, 15) is 14.9 Å². The van der Waals surface area contributed by atoms with Crippen LogP contribution in [0.25, 0.3) is 22.3 Å². The Labute approximate surface area is 185 Å². The van der Waals surface area contributed by atoms with Gasteiger partial charge in [-0.1, -0.05) is 0 Å². The third-order valence-corrected chi connectivity index (χ3v) is 4.49. The molecule has 170 valence electrons. The summed E-state index contributed by atoms with van der Waals surface area (Å²) in [5.74, 6) is 1.05. The first-order valence-corrected chi connectivity index (χ1v) is 10.1. The number of benzene rings is 2. The maximum atomic E-state index is 12.4. The number of hydrogen-bond acceptors (Lipinski definition) is 7. The standard InChI is InChI=1S/C23H26N2O7/c1-6-29-14-30-17-9-7-16-12-20(31-21(16)13-17)15-8-10-18(19(11-15)25(27)28)24(5)22(26)32-23(2,3)4/h7-13H,6,14H2,1-5H3. The van der Waals surface area contributed by atoms with Gasteiger partial charge in [0.1, 0.15) is 28.4 Å². The van der Waals surface area contributed by atoms with Gasteiger partial charge in [-0.3, -0.25) is 15.0 Å². The van der Waals surface area contributed by atoms with Crippen LogP contribution in [-0.4, -0.2) is 37.1 Å². The van der Waals surface area contributed by atoms with Gasteiger partial charge in [0.15, 0.2) is 6.79 Å². The van der Waals surface area contributed by atoms with Gasteiger partial charge in [0.25, 0.3) is 5.69 Å². The van der Waals surface area contributed by atoms with Crippen LogP contribution < -0.4 is 9.64 Å². The first kappa shape index (κ1) is 23.1. The van der Waals surface area contributed by atoms with Crippen LogP contribution in [-0.2, 0) is 9.47 Å². The zero-order chi connectivity index (χ0) is 23.5. The second-order valence-corrected chi connectivity index (χ2v) is 8.07. The summed E-state index contributed by atoms with van der Waals surface area (Å²) in [7, 11) is 1.43. The molecule has 0 bridgehead atoms. The number of furan rings is 1. The number of carbonyl (C=O) groups is 1. The number of carbonyl (C=O) groups excluding carboxylic acids is 1. The summed E-state index contributed by atoms with van der Waals surface area (Å²) in [6, 6.07) is 11.7. The zero-order valence-electron chi connectivity index (χ0n) is 18.7. The Bertz CT molecular complexity index is 1130. The van der Waals surface area contributed by atoms with E-state index in [0.717, 1.165) is 10.3 Å². The third kappa shape index (κ3) is 5.36. The highest BCUT2D eigenvalue weighted by Crippen LogP contribution is 2.36. The Kier molecular flexibility index (Phi) is 6.69. The van der Waals surface area contributed by atoms with Crippen LogP contribution >= 0.6 is 0 Å². The van der Waals surface area contributed by atoms with Crippen molar-refractivity contribution in [3.8, 4) is 17.1 Å². The van der Waals surface area contributed by atoms with Crippen LogP contribution in [0, 0.1) is 10.1 Å². The Morgan fingerprint density at radius 1 is 1.16 bits per heavy atom. The van der Waals surface area contributed by atoms with Crippen molar-refractivity contribution in [2.24, 2.45) is 0 Å². The number of fused-ring (bicyclic) bond motifs is 1. The van der Waals surface area contributed by atoms with Crippen LogP contribution in [0.15, 0.2) is 46.9 Å². The number of anilines is 1. The second-order valence-electron chi connectivity index (χ2n) is 8.07. The molecule has 0 unspecified atom stereocenters. The van der Waals surface area contributed by atoms with Gasteiger partial charge in [-0.2, -0.15) is 0 Å². The average molecular weight is 442 g/mol. The normalized spacial score (nSPS) is 11.4. The smallest absolute Gasteiger partial charge is 0.414 e. The molecule has 0 radical (unpaired) electrons. The minimum atomic E-state index is -0.723. The van der Waals surface area contributed by atoms with Crippen molar-refractivity contribution < 1.29 is 28.3 Å². The van der Waals surface area contributed by atoms with Crippen molar-refractivity contribution in [2.75, 3.05) is 25.3 Å². The molecule has 3 aromatic rings. The van der Waals surface area contributed by atoms with E-state index in [-0.39, 0.29) is 18.2 Å². The first-order valence-electron chi connectivity index (χ1n) is 10.1. The van der Waals surface area contributed by atoms with Gasteiger partial charge in [-0.25, -0.2) is 4.79 Å². The second kappa shape index (κ2) is 9.27. The molecule has 0 saturated carbocycles. The van der Waals surface area contributed by atoms with E-state index in [1.165, 1.54) is 19.2 Å². The van der Waals surface area contributed by atoms with Crippen LogP contribution in [0.5, 0.6) is 5.75 Å². The maximum Gasteiger partial charge on any atom is 0.414 e. The molecule has 1 heterocycles. The van der Waals surface area contributed by atoms with E-state index < -0.39 is 16.6 Å². The van der Waals surface area contributed by atoms with E-state index in [0.29, 0.717) is 29.3 Å². The summed E-state index contributed by atoms with van der Waals surface area (Å²) >= 11 is 0. The molecule has 0 aliphatic rings. The highest BCUT2D eigenvalue weighted by Gasteiger charge is 2.26. The summed E-state index contributed by atoms with van der Waals surface area (Å²) in [5.41, 5.74) is 0.241. The fourth-order valence-electron chi connectivity index (χ4n) is 2.97. The molecule has 32 heavy (non-hydrogen) atoms. The topological polar surface area (TPSA) is 104 Å². The summed E-state index contributed by atoms with van der Waals surface area (Å²) in [6.07, 6.45) is -0.684. The average Bonchev–Trinajstić information content (AvgIpc) is 3.15. The lowest BCUT2D eigenvalue weighted by atomic mass is 10.1. The molecule has 0 aliphatic carbocycles. The van der Waals surface area contributed by atoms with Gasteiger partial charge in [-0.05, 0) is 58.0 Å². The maximum absolute atomic E-state index is 12.4. The summed E-state index contributed by atoms with van der Waals surface area (Å²) in [4.78, 5) is 24.7. The summed E-state index contributed by atoms with van der Waals surface area (Å²) in [5, 5.41) is 12.5. The molecular formula is C23H26N2O7. The Morgan fingerprint density at radius 2 is 1.91 bits per heavy atom. The fraction of sp³-hybridized carbons (Fsp3) is 0.348. The lowest BCUT2D eigenvalue weighted by Gasteiger charge is -2.24. The highest BCUT2D eigenvalue weighted by atomic mass is 16.7. The minimum Gasteiger partial charge on any atom is -0.467 e. The van der Waals surface area contributed by atoms with Gasteiger partial charge in [0.2, 0.25) is 0 Å². The van der Waals surface area contributed by atoms with Crippen LogP contribution in [0.2, 0.25) is 0 Å². The molecule has 0 fully saturated rings. The molecule has 0 N–H and O–H groups in total. The Morgan fingerprint density at radius 3 is 2.56 bits per heavy atom. The van der Waals surface area contributed by atoms with E-state index in [1.54, 1.807) is 45.0 Å². The van der Waals surface area contributed by atoms with Crippen molar-refractivity contribution in [2.45, 2.75) is 33.3 Å². The van der Waals surface area contributed by atoms with Crippen molar-refractivity contribution in [3.63, 3.8) is 0 Å². The number of amides is 1. The van der Waals surface area contributed by atoms with Crippen molar-refractivity contribution in [1.29, 1.82) is 0 Å². The molecule has 0 aliphatic heterocycles. The van der Waals surface area contributed by atoms with Gasteiger partial charge in [-0.15, -0.1) is 0 Å². The molecule has 9 heteroatoms. The molecule has 9 nitrogen and oxygen atoms in total. The fourth-order valence-corrected chi connectivity index (χ4v) is 2.97. The number of nitro groups is 1. The zero-order valence-corrected chi connectivity index (χ0v) is 18.7. The predicted octanol–water partition coefficient (Wildman–Crippen LogP) is 5.75. The first-order chi connectivity index (χ1) is 15.1. The largest absolute Gasteiger partial charge is 0.467 e. The van der Waals surface area contributed by atoms with Crippen LogP contribution in [0.4, 0.5) is 16.2 Å². The van der Waals surface area contributed by atoms with Gasteiger partial charge in [0, 0.05) is 36.7 Å². The lowest BCUT2D eigenvalue weighted by Crippen LogP contribution is -2.34. The quantitative estimate of drug-likeness (QED) is 0.198. The summed E-state index contributed by atoms with van der Waals surface area (Å²) in [6.45, 7) is 7.74. The Balaban J connectivity index is 1.91. The van der Waals surface area contributed by atoms with Gasteiger partial charge in [0.05, 0.1) is 4.92 Å². The van der Waals surface area contributed by atoms with E-state index in [4.69, 9.17) is 18.6 Å². The van der Waals surface area contributed by atoms with Crippen molar-refractivity contribution in [3.05, 3.63) is 52.6 Å². The van der Waals surface area contributed by atoms with Gasteiger partial charge < -0.3 is 18.6 Å². The lowest BCUT2D eigenvalue weighted by molar-refractivity contribution is -0.384. The van der Waals surface area contributed by atoms with Gasteiger partial charge >= 0.3 is 6.09 Å². The number of ether oxygens (including phenoxy) is 3. The van der Waals surface area contributed by atoms with E-state index in [2.05, 4.69) is 0 Å². The monoisotopic (exact) mass is 442 g/mol. The highest BCUT2D eigenvalue weighted by molar-refractivity contribution is 5.92. The minimum absolute atomic E-state index is 0.121. The molecule has 1 amide bonds. The van der Waals surface area contributed by atoms with E-state index in [1.807, 2.05) is 13.0 Å². The number of nitrogens with zero attached hydrogens (tertiary/aromatic N) is 2. The molecule has 0 spiro atoms. The molecule has 1 aromatic heterocycles. The molecule has 3 rings (SSSR count). The molecule has 2 aromatic carbocycles. The van der Waals surface area contributed by atoms with Crippen LogP contribution in [0.3, 0.4) is 0 Å². The SMILES string of the molecule is CCOCOc1ccc2cc(-c3ccc(N(C)C(=O)OC(C)(C)C)c([N+](=O)[O-])c3)oc2c1. The third-order valence-electron chi connectivity index (χ3n) is 4.49. The Hall–Kier alpha value is -3.59. The van der Waals surface area contributed by atoms with Crippen LogP contribution in [0.1, 0.15) is 27.7 Å². The molecular weight excluding hydrogens is 416 g/mol. The van der Waals surface area contributed by atoms with Crippen molar-refractivity contribution >= 4 is 28.4 Å². The molecule has 0 saturated heterocycles. The number of hydrogen-bond donors (Lipinski definition) is 0. The predicted molar refractivity (Wildman–Crippen MR) is 120 cm³/mol.